The molecule has 6 heteroatoms. The van der Waals surface area contributed by atoms with Crippen LogP contribution in [0.2, 0.25) is 0 Å². The number of carbonyl (C=O) groups excluding carboxylic acids is 2. The van der Waals surface area contributed by atoms with Crippen LogP contribution >= 0.6 is 15.9 Å². The smallest absolute Gasteiger partial charge is 0.254 e. The maximum Gasteiger partial charge on any atom is 0.254 e. The Labute approximate surface area is 162 Å². The van der Waals surface area contributed by atoms with E-state index in [1.165, 1.54) is 0 Å². The van der Waals surface area contributed by atoms with Gasteiger partial charge in [-0.05, 0) is 50.5 Å². The van der Waals surface area contributed by atoms with Crippen LogP contribution in [0.15, 0.2) is 28.7 Å². The number of nitrogens with zero attached hydrogens (tertiary/aromatic N) is 2. The Hall–Kier alpha value is -1.95. The molecule has 1 aliphatic heterocycles. The van der Waals surface area contributed by atoms with Crippen LogP contribution in [0.3, 0.4) is 0 Å². The minimum absolute atomic E-state index is 0.00744. The number of pyridine rings is 1. The summed E-state index contributed by atoms with van der Waals surface area (Å²) in [6.45, 7) is 5.18. The van der Waals surface area contributed by atoms with Gasteiger partial charge in [0.05, 0.1) is 11.1 Å². The summed E-state index contributed by atoms with van der Waals surface area (Å²) in [5.74, 6) is 0.0778. The molecule has 1 unspecified atom stereocenters. The summed E-state index contributed by atoms with van der Waals surface area (Å²) in [6, 6.07) is 7.69. The zero-order valence-corrected chi connectivity index (χ0v) is 16.8. The lowest BCUT2D eigenvalue weighted by atomic mass is 10.0. The van der Waals surface area contributed by atoms with Crippen molar-refractivity contribution in [3.8, 4) is 0 Å². The van der Waals surface area contributed by atoms with Gasteiger partial charge in [-0.25, -0.2) is 0 Å². The molecule has 0 radical (unpaired) electrons. The van der Waals surface area contributed by atoms with Gasteiger partial charge in [0.15, 0.2) is 0 Å². The molecule has 0 saturated carbocycles. The van der Waals surface area contributed by atoms with Crippen LogP contribution in [0.1, 0.15) is 48.7 Å². The molecule has 1 fully saturated rings. The van der Waals surface area contributed by atoms with E-state index in [-0.39, 0.29) is 17.9 Å². The first-order valence-corrected chi connectivity index (χ1v) is 9.92. The number of fused-ring (bicyclic) bond motifs is 1. The maximum absolute atomic E-state index is 13.2. The van der Waals surface area contributed by atoms with E-state index in [0.29, 0.717) is 18.5 Å². The first-order chi connectivity index (χ1) is 12.5. The van der Waals surface area contributed by atoms with Gasteiger partial charge in [-0.15, -0.1) is 0 Å². The Morgan fingerprint density at radius 3 is 2.92 bits per heavy atom. The van der Waals surface area contributed by atoms with E-state index in [0.717, 1.165) is 46.9 Å². The third kappa shape index (κ3) is 4.23. The molecule has 1 aliphatic rings. The van der Waals surface area contributed by atoms with E-state index < -0.39 is 0 Å². The van der Waals surface area contributed by atoms with Gasteiger partial charge in [-0.1, -0.05) is 22.9 Å². The summed E-state index contributed by atoms with van der Waals surface area (Å²) in [6.07, 6.45) is 3.18. The van der Waals surface area contributed by atoms with Crippen LogP contribution in [0.5, 0.6) is 0 Å². The molecule has 2 heterocycles. The predicted octanol–water partition coefficient (Wildman–Crippen LogP) is 3.83. The molecule has 138 valence electrons. The van der Waals surface area contributed by atoms with Crippen molar-refractivity contribution in [1.29, 1.82) is 0 Å². The summed E-state index contributed by atoms with van der Waals surface area (Å²) in [5, 5.41) is 3.91. The summed E-state index contributed by atoms with van der Waals surface area (Å²) in [4.78, 5) is 31.5. The van der Waals surface area contributed by atoms with Crippen molar-refractivity contribution in [2.45, 2.75) is 45.6 Å². The molecular weight excluding hydrogens is 394 g/mol. The molecule has 3 rings (SSSR count). The summed E-state index contributed by atoms with van der Waals surface area (Å²) in [5.41, 5.74) is 2.32. The van der Waals surface area contributed by atoms with Crippen LogP contribution < -0.4 is 5.32 Å². The first-order valence-electron chi connectivity index (χ1n) is 9.13. The molecule has 26 heavy (non-hydrogen) atoms. The summed E-state index contributed by atoms with van der Waals surface area (Å²) < 4.78 is 0.924. The highest BCUT2D eigenvalue weighted by Crippen LogP contribution is 2.25. The number of rotatable bonds is 4. The molecule has 1 saturated heterocycles. The topological polar surface area (TPSA) is 62.3 Å². The van der Waals surface area contributed by atoms with Crippen molar-refractivity contribution in [3.63, 3.8) is 0 Å². The van der Waals surface area contributed by atoms with Crippen LogP contribution in [-0.4, -0.2) is 40.8 Å². The molecule has 1 atom stereocenters. The summed E-state index contributed by atoms with van der Waals surface area (Å²) in [7, 11) is 0. The highest BCUT2D eigenvalue weighted by atomic mass is 79.9. The second kappa shape index (κ2) is 8.16. The Morgan fingerprint density at radius 1 is 1.35 bits per heavy atom. The van der Waals surface area contributed by atoms with Gasteiger partial charge < -0.3 is 10.2 Å². The largest absolute Gasteiger partial charge is 0.352 e. The number of amides is 2. The molecule has 1 aromatic heterocycles. The Balaban J connectivity index is 1.83. The van der Waals surface area contributed by atoms with E-state index in [9.17, 15) is 9.59 Å². The molecule has 2 aromatic rings. The van der Waals surface area contributed by atoms with Gasteiger partial charge in [0.2, 0.25) is 5.91 Å². The van der Waals surface area contributed by atoms with Crippen molar-refractivity contribution >= 4 is 38.6 Å². The fourth-order valence-electron chi connectivity index (χ4n) is 3.48. The molecule has 0 spiro atoms. The lowest BCUT2D eigenvalue weighted by Gasteiger charge is -2.33. The van der Waals surface area contributed by atoms with Crippen molar-refractivity contribution in [3.05, 3.63) is 40.0 Å². The van der Waals surface area contributed by atoms with Crippen LogP contribution in [-0.2, 0) is 4.79 Å². The van der Waals surface area contributed by atoms with Crippen LogP contribution in [0.4, 0.5) is 0 Å². The zero-order chi connectivity index (χ0) is 18.7. The second-order valence-electron chi connectivity index (χ2n) is 6.88. The van der Waals surface area contributed by atoms with E-state index in [4.69, 9.17) is 0 Å². The van der Waals surface area contributed by atoms with E-state index in [1.54, 1.807) is 0 Å². The predicted molar refractivity (Wildman–Crippen MR) is 106 cm³/mol. The normalized spacial score (nSPS) is 17.3. The van der Waals surface area contributed by atoms with Gasteiger partial charge in [0, 0.05) is 41.1 Å². The number of benzene rings is 1. The van der Waals surface area contributed by atoms with Gasteiger partial charge >= 0.3 is 0 Å². The van der Waals surface area contributed by atoms with Crippen LogP contribution in [0, 0.1) is 6.92 Å². The van der Waals surface area contributed by atoms with Crippen molar-refractivity contribution in [1.82, 2.24) is 15.2 Å². The molecule has 1 aromatic carbocycles. The highest BCUT2D eigenvalue weighted by Gasteiger charge is 2.26. The zero-order valence-electron chi connectivity index (χ0n) is 15.2. The minimum atomic E-state index is 0.00744. The molecule has 5 nitrogen and oxygen atoms in total. The highest BCUT2D eigenvalue weighted by molar-refractivity contribution is 9.10. The molecular formula is C20H24BrN3O2. The molecule has 1 N–H and O–H groups in total. The average Bonchev–Trinajstić information content (AvgIpc) is 2.61. The number of halogens is 1. The Kier molecular flexibility index (Phi) is 5.91. The molecule has 0 bridgehead atoms. The fraction of sp³-hybridized carbons (Fsp3) is 0.450. The van der Waals surface area contributed by atoms with Crippen molar-refractivity contribution < 1.29 is 9.59 Å². The SMILES string of the molecule is CCCC(=O)NC1CCCN(C(=O)c2cc(C)nc3ccc(Br)cc23)C1. The number of carbonyl (C=O) groups is 2. The monoisotopic (exact) mass is 417 g/mol. The first kappa shape index (κ1) is 18.8. The quantitative estimate of drug-likeness (QED) is 0.821. The lowest BCUT2D eigenvalue weighted by Crippen LogP contribution is -2.49. The second-order valence-corrected chi connectivity index (χ2v) is 7.80. The minimum Gasteiger partial charge on any atom is -0.352 e. The van der Waals surface area contributed by atoms with Crippen molar-refractivity contribution in [2.75, 3.05) is 13.1 Å². The number of likely N-dealkylation sites (tertiary alicyclic amines) is 1. The number of aryl methyl sites for hydroxylation is 1. The number of piperidine rings is 1. The van der Waals surface area contributed by atoms with Gasteiger partial charge in [0.1, 0.15) is 0 Å². The van der Waals surface area contributed by atoms with Crippen molar-refractivity contribution in [2.24, 2.45) is 0 Å². The summed E-state index contributed by atoms with van der Waals surface area (Å²) >= 11 is 3.48. The van der Waals surface area contributed by atoms with Gasteiger partial charge in [-0.2, -0.15) is 0 Å². The standard InChI is InChI=1S/C20H24BrN3O2/c1-3-5-19(25)23-15-6-4-9-24(12-15)20(26)17-10-13(2)22-18-8-7-14(21)11-16(17)18/h7-8,10-11,15H,3-6,9,12H2,1-2H3,(H,23,25). The van der Waals surface area contributed by atoms with Crippen LogP contribution in [0.25, 0.3) is 10.9 Å². The fourth-order valence-corrected chi connectivity index (χ4v) is 3.85. The van der Waals surface area contributed by atoms with Gasteiger partial charge in [0.25, 0.3) is 5.91 Å². The lowest BCUT2D eigenvalue weighted by molar-refractivity contribution is -0.122. The number of nitrogens with one attached hydrogen (secondary N) is 1. The van der Waals surface area contributed by atoms with E-state index in [1.807, 2.05) is 43.0 Å². The molecule has 2 amide bonds. The van der Waals surface area contributed by atoms with E-state index in [2.05, 4.69) is 26.2 Å². The molecule has 0 aliphatic carbocycles. The number of hydrogen-bond acceptors (Lipinski definition) is 3. The average molecular weight is 418 g/mol. The number of aromatic nitrogens is 1. The van der Waals surface area contributed by atoms with E-state index >= 15 is 0 Å². The Morgan fingerprint density at radius 2 is 2.15 bits per heavy atom. The Bertz CT molecular complexity index is 837. The number of hydrogen-bond donors (Lipinski definition) is 1. The van der Waals surface area contributed by atoms with Gasteiger partial charge in [-0.3, -0.25) is 14.6 Å². The third-order valence-corrected chi connectivity index (χ3v) is 5.17. The third-order valence-electron chi connectivity index (χ3n) is 4.68. The maximum atomic E-state index is 13.2.